The lowest BCUT2D eigenvalue weighted by molar-refractivity contribution is -0.118. The molecule has 29 heavy (non-hydrogen) atoms. The van der Waals surface area contributed by atoms with Crippen molar-refractivity contribution in [2.24, 2.45) is 5.73 Å². The Kier molecular flexibility index (Phi) is 5.28. The molecule has 2 aromatic heterocycles. The van der Waals surface area contributed by atoms with Crippen molar-refractivity contribution in [1.29, 1.82) is 0 Å². The Morgan fingerprint density at radius 3 is 2.97 bits per heavy atom. The van der Waals surface area contributed by atoms with Gasteiger partial charge in [0.15, 0.2) is 6.61 Å². The molecular formula is C19H18FN5O3S. The van der Waals surface area contributed by atoms with Crippen LogP contribution in [0.4, 0.5) is 10.1 Å². The van der Waals surface area contributed by atoms with Gasteiger partial charge in [0, 0.05) is 16.3 Å². The first kappa shape index (κ1) is 19.1. The van der Waals surface area contributed by atoms with Crippen molar-refractivity contribution >= 4 is 22.9 Å². The summed E-state index contributed by atoms with van der Waals surface area (Å²) in [6, 6.07) is 8.93. The molecule has 0 fully saturated rings. The third kappa shape index (κ3) is 3.84. The van der Waals surface area contributed by atoms with Crippen LogP contribution in [-0.2, 0) is 4.79 Å². The first-order valence-electron chi connectivity index (χ1n) is 8.85. The molecule has 4 N–H and O–H groups in total. The maximum absolute atomic E-state index is 13.1. The Morgan fingerprint density at radius 1 is 1.38 bits per heavy atom. The van der Waals surface area contributed by atoms with E-state index in [9.17, 15) is 14.0 Å². The Morgan fingerprint density at radius 2 is 2.24 bits per heavy atom. The van der Waals surface area contributed by atoms with Gasteiger partial charge in [0.2, 0.25) is 0 Å². The third-order valence-electron chi connectivity index (χ3n) is 4.64. The number of H-pyrrole nitrogens is 1. The molecule has 1 aromatic carbocycles. The van der Waals surface area contributed by atoms with Crippen LogP contribution in [0.3, 0.4) is 0 Å². The molecule has 0 radical (unpaired) electrons. The van der Waals surface area contributed by atoms with Crippen LogP contribution in [0, 0.1) is 0 Å². The second-order valence-electron chi connectivity index (χ2n) is 6.51. The molecule has 8 nitrogen and oxygen atoms in total. The van der Waals surface area contributed by atoms with Gasteiger partial charge in [-0.05, 0) is 41.8 Å². The monoisotopic (exact) mass is 415 g/mol. The number of nitrogens with two attached hydrogens (primary N) is 1. The van der Waals surface area contributed by atoms with Crippen LogP contribution in [0.5, 0.6) is 5.75 Å². The van der Waals surface area contributed by atoms with E-state index in [-0.39, 0.29) is 31.2 Å². The van der Waals surface area contributed by atoms with Crippen molar-refractivity contribution in [1.82, 2.24) is 14.8 Å². The summed E-state index contributed by atoms with van der Waals surface area (Å²) in [5.41, 5.74) is 7.18. The van der Waals surface area contributed by atoms with Crippen molar-refractivity contribution in [2.45, 2.75) is 12.5 Å². The van der Waals surface area contributed by atoms with Gasteiger partial charge in [-0.1, -0.05) is 6.07 Å². The maximum atomic E-state index is 13.1. The summed E-state index contributed by atoms with van der Waals surface area (Å²) in [5, 5.41) is 8.91. The molecule has 0 saturated heterocycles. The number of benzene rings is 1. The highest BCUT2D eigenvalue weighted by molar-refractivity contribution is 7.15. The van der Waals surface area contributed by atoms with E-state index in [1.54, 1.807) is 6.07 Å². The fourth-order valence-corrected chi connectivity index (χ4v) is 4.25. The Hall–Kier alpha value is -3.24. The molecule has 150 valence electrons. The molecule has 4 rings (SSSR count). The van der Waals surface area contributed by atoms with Gasteiger partial charge >= 0.3 is 5.69 Å². The molecule has 0 spiro atoms. The number of hydrogen-bond acceptors (Lipinski definition) is 6. The molecule has 1 atom stereocenters. The van der Waals surface area contributed by atoms with Gasteiger partial charge in [0.25, 0.3) is 5.91 Å². The smallest absolute Gasteiger partial charge is 0.343 e. The summed E-state index contributed by atoms with van der Waals surface area (Å²) in [4.78, 5) is 25.3. The van der Waals surface area contributed by atoms with Crippen molar-refractivity contribution < 1.29 is 13.9 Å². The normalized spacial score (nSPS) is 14.8. The van der Waals surface area contributed by atoms with Crippen molar-refractivity contribution in [3.05, 3.63) is 63.9 Å². The number of ether oxygens (including phenoxy) is 1. The molecular weight excluding hydrogens is 397 g/mol. The lowest BCUT2D eigenvalue weighted by Crippen LogP contribution is -2.25. The Balaban J connectivity index is 1.68. The first-order valence-corrected chi connectivity index (χ1v) is 9.67. The Labute approximate surface area is 168 Å². The topological polar surface area (TPSA) is 115 Å². The van der Waals surface area contributed by atoms with E-state index < -0.39 is 6.04 Å². The lowest BCUT2D eigenvalue weighted by Gasteiger charge is -2.18. The first-order chi connectivity index (χ1) is 14.1. The van der Waals surface area contributed by atoms with E-state index in [4.69, 9.17) is 10.5 Å². The minimum Gasteiger partial charge on any atom is -0.482 e. The minimum atomic E-state index is -0.432. The van der Waals surface area contributed by atoms with Crippen LogP contribution in [0.2, 0.25) is 0 Å². The fourth-order valence-electron chi connectivity index (χ4n) is 3.15. The van der Waals surface area contributed by atoms with Crippen molar-refractivity contribution in [3.8, 4) is 16.2 Å². The summed E-state index contributed by atoms with van der Waals surface area (Å²) < 4.78 is 20.1. The van der Waals surface area contributed by atoms with Crippen LogP contribution < -0.4 is 21.5 Å². The standard InChI is InChI=1S/C19H18FN5O3S/c20-7-11(8-21)5-14(25-10-22-24-19(25)27)17-4-3-16(29-17)12-1-2-13-15(6-12)28-9-18(26)23-13/h1-4,6-7,10,14H,5,8-9,21H2,(H,23,26)(H,24,27)/b11-7+. The number of amides is 1. The second kappa shape index (κ2) is 8.02. The van der Waals surface area contributed by atoms with E-state index in [0.717, 1.165) is 15.3 Å². The number of halogens is 1. The average molecular weight is 415 g/mol. The highest BCUT2D eigenvalue weighted by Gasteiger charge is 2.21. The van der Waals surface area contributed by atoms with Gasteiger partial charge in [0.05, 0.1) is 18.1 Å². The number of aromatic amines is 1. The van der Waals surface area contributed by atoms with Crippen LogP contribution in [0.1, 0.15) is 17.3 Å². The molecule has 1 aliphatic rings. The van der Waals surface area contributed by atoms with Gasteiger partial charge in [-0.15, -0.1) is 11.3 Å². The second-order valence-corrected chi connectivity index (χ2v) is 7.63. The van der Waals surface area contributed by atoms with Crippen LogP contribution in [0.25, 0.3) is 10.4 Å². The van der Waals surface area contributed by atoms with Crippen molar-refractivity contribution in [2.75, 3.05) is 18.5 Å². The summed E-state index contributed by atoms with van der Waals surface area (Å²) in [7, 11) is 0. The van der Waals surface area contributed by atoms with Gasteiger partial charge in [-0.25, -0.2) is 14.3 Å². The predicted octanol–water partition coefficient (Wildman–Crippen LogP) is 2.42. The number of thiophene rings is 1. The van der Waals surface area contributed by atoms with E-state index in [1.807, 2.05) is 24.3 Å². The number of fused-ring (bicyclic) bond motifs is 1. The predicted molar refractivity (Wildman–Crippen MR) is 108 cm³/mol. The van der Waals surface area contributed by atoms with Gasteiger partial charge in [-0.3, -0.25) is 9.36 Å². The minimum absolute atomic E-state index is 0.0188. The summed E-state index contributed by atoms with van der Waals surface area (Å²) in [5.74, 6) is 0.416. The number of anilines is 1. The number of aromatic nitrogens is 3. The summed E-state index contributed by atoms with van der Waals surface area (Å²) >= 11 is 1.48. The molecule has 3 heterocycles. The molecule has 0 saturated carbocycles. The van der Waals surface area contributed by atoms with Crippen LogP contribution in [-0.4, -0.2) is 33.8 Å². The quantitative estimate of drug-likeness (QED) is 0.572. The number of rotatable bonds is 6. The Bertz CT molecular complexity index is 1130. The average Bonchev–Trinajstić information content (AvgIpc) is 3.38. The fraction of sp³-hybridized carbons (Fsp3) is 0.211. The highest BCUT2D eigenvalue weighted by atomic mass is 32.1. The number of nitrogens with zero attached hydrogens (tertiary/aromatic N) is 2. The molecule has 3 aromatic rings. The molecule has 1 unspecified atom stereocenters. The van der Waals surface area contributed by atoms with E-state index in [2.05, 4.69) is 15.5 Å². The molecule has 1 aliphatic heterocycles. The molecule has 0 aliphatic carbocycles. The SMILES string of the molecule is NC/C(=C/F)CC(c1ccc(-c2ccc3c(c2)OCC(=O)N3)s1)n1cn[nH]c1=O. The van der Waals surface area contributed by atoms with Gasteiger partial charge < -0.3 is 15.8 Å². The van der Waals surface area contributed by atoms with E-state index >= 15 is 0 Å². The molecule has 1 amide bonds. The van der Waals surface area contributed by atoms with Crippen molar-refractivity contribution in [3.63, 3.8) is 0 Å². The number of hydrogen-bond donors (Lipinski definition) is 3. The third-order valence-corrected chi connectivity index (χ3v) is 5.87. The summed E-state index contributed by atoms with van der Waals surface area (Å²) in [6.45, 7) is 0.0424. The lowest BCUT2D eigenvalue weighted by atomic mass is 10.1. The van der Waals surface area contributed by atoms with Gasteiger partial charge in [-0.2, -0.15) is 5.10 Å². The number of carbonyl (C=O) groups excluding carboxylic acids is 1. The van der Waals surface area contributed by atoms with E-state index in [1.165, 1.54) is 22.2 Å². The zero-order valence-electron chi connectivity index (χ0n) is 15.2. The largest absolute Gasteiger partial charge is 0.482 e. The van der Waals surface area contributed by atoms with Crippen LogP contribution >= 0.6 is 11.3 Å². The molecule has 10 heteroatoms. The maximum Gasteiger partial charge on any atom is 0.343 e. The summed E-state index contributed by atoms with van der Waals surface area (Å²) in [6.07, 6.45) is 2.14. The zero-order chi connectivity index (χ0) is 20.4. The highest BCUT2D eigenvalue weighted by Crippen LogP contribution is 2.38. The van der Waals surface area contributed by atoms with Gasteiger partial charge in [0.1, 0.15) is 12.1 Å². The number of nitrogens with one attached hydrogen (secondary N) is 2. The van der Waals surface area contributed by atoms with E-state index in [0.29, 0.717) is 23.3 Å². The van der Waals surface area contributed by atoms with Crippen LogP contribution in [0.15, 0.2) is 53.4 Å². The molecule has 0 bridgehead atoms. The number of carbonyl (C=O) groups is 1. The zero-order valence-corrected chi connectivity index (χ0v) is 16.0.